The molecule has 1 unspecified atom stereocenters. The number of benzene rings is 1. The Balaban J connectivity index is 1.64. The summed E-state index contributed by atoms with van der Waals surface area (Å²) in [5.41, 5.74) is 0.597. The number of furan rings is 1. The van der Waals surface area contributed by atoms with E-state index >= 15 is 0 Å². The van der Waals surface area contributed by atoms with Gasteiger partial charge in [0.15, 0.2) is 0 Å². The fraction of sp³-hybridized carbons (Fsp3) is 0.312. The second kappa shape index (κ2) is 5.66. The fourth-order valence-electron chi connectivity index (χ4n) is 2.48. The van der Waals surface area contributed by atoms with E-state index in [-0.39, 0.29) is 12.5 Å². The first-order valence-corrected chi connectivity index (χ1v) is 7.67. The number of hydrogen-bond acceptors (Lipinski definition) is 3. The first kappa shape index (κ1) is 14.4. The van der Waals surface area contributed by atoms with Crippen LogP contribution in [0.2, 0.25) is 0 Å². The second-order valence-corrected chi connectivity index (χ2v) is 6.25. The maximum Gasteiger partial charge on any atom is 0.230 e. The minimum absolute atomic E-state index is 0.0320. The maximum atomic E-state index is 12.4. The molecule has 0 radical (unpaired) electrons. The lowest BCUT2D eigenvalue weighted by atomic mass is 9.95. The second-order valence-electron chi connectivity index (χ2n) is 5.33. The number of hydrogen-bond donors (Lipinski definition) is 2. The zero-order valence-corrected chi connectivity index (χ0v) is 13.0. The van der Waals surface area contributed by atoms with Gasteiger partial charge in [-0.15, -0.1) is 0 Å². The van der Waals surface area contributed by atoms with Crippen molar-refractivity contribution >= 4 is 21.8 Å². The van der Waals surface area contributed by atoms with Crippen LogP contribution >= 0.6 is 15.9 Å². The van der Waals surface area contributed by atoms with E-state index in [1.54, 1.807) is 12.1 Å². The molecule has 1 heterocycles. The van der Waals surface area contributed by atoms with Gasteiger partial charge in [0.1, 0.15) is 11.9 Å². The van der Waals surface area contributed by atoms with E-state index in [1.807, 2.05) is 24.3 Å². The molecule has 3 rings (SSSR count). The van der Waals surface area contributed by atoms with Crippen molar-refractivity contribution in [2.75, 3.05) is 6.54 Å². The highest BCUT2D eigenvalue weighted by atomic mass is 79.9. The summed E-state index contributed by atoms with van der Waals surface area (Å²) < 4.78 is 6.12. The average molecular weight is 350 g/mol. The van der Waals surface area contributed by atoms with Crippen LogP contribution in [0.3, 0.4) is 0 Å². The highest BCUT2D eigenvalue weighted by Crippen LogP contribution is 2.48. The fourth-order valence-corrected chi connectivity index (χ4v) is 2.75. The van der Waals surface area contributed by atoms with Gasteiger partial charge in [0.25, 0.3) is 0 Å². The normalized spacial score (nSPS) is 17.2. The molecule has 2 N–H and O–H groups in total. The summed E-state index contributed by atoms with van der Waals surface area (Å²) in [6, 6.07) is 11.2. The van der Waals surface area contributed by atoms with Crippen molar-refractivity contribution in [1.29, 1.82) is 0 Å². The molecule has 1 fully saturated rings. The summed E-state index contributed by atoms with van der Waals surface area (Å²) in [4.78, 5) is 12.4. The molecule has 1 atom stereocenters. The third-order valence-electron chi connectivity index (χ3n) is 3.91. The van der Waals surface area contributed by atoms with Gasteiger partial charge in [-0.2, -0.15) is 0 Å². The molecule has 4 nitrogen and oxygen atoms in total. The van der Waals surface area contributed by atoms with Gasteiger partial charge in [0, 0.05) is 4.47 Å². The van der Waals surface area contributed by atoms with E-state index in [1.165, 1.54) is 6.26 Å². The van der Waals surface area contributed by atoms with Gasteiger partial charge in [0.05, 0.1) is 18.2 Å². The summed E-state index contributed by atoms with van der Waals surface area (Å²) in [5, 5.41) is 12.8. The van der Waals surface area contributed by atoms with Gasteiger partial charge in [-0.1, -0.05) is 28.1 Å². The lowest BCUT2D eigenvalue weighted by Crippen LogP contribution is -2.37. The third-order valence-corrected chi connectivity index (χ3v) is 4.44. The van der Waals surface area contributed by atoms with Crippen molar-refractivity contribution in [2.24, 2.45) is 0 Å². The number of nitrogens with one attached hydrogen (secondary N) is 1. The predicted molar refractivity (Wildman–Crippen MR) is 81.7 cm³/mol. The monoisotopic (exact) mass is 349 g/mol. The van der Waals surface area contributed by atoms with Crippen LogP contribution in [0.25, 0.3) is 0 Å². The Kier molecular flexibility index (Phi) is 3.87. The molecule has 5 heteroatoms. The van der Waals surface area contributed by atoms with Gasteiger partial charge in [0.2, 0.25) is 5.91 Å². The Morgan fingerprint density at radius 2 is 2.05 bits per heavy atom. The van der Waals surface area contributed by atoms with E-state index in [4.69, 9.17) is 4.42 Å². The van der Waals surface area contributed by atoms with Crippen molar-refractivity contribution in [3.05, 3.63) is 58.5 Å². The molecule has 0 saturated heterocycles. The summed E-state index contributed by atoms with van der Waals surface area (Å²) in [7, 11) is 0. The average Bonchev–Trinajstić information content (AvgIpc) is 3.11. The zero-order valence-electron chi connectivity index (χ0n) is 11.4. The van der Waals surface area contributed by atoms with Crippen LogP contribution in [-0.2, 0) is 10.2 Å². The van der Waals surface area contributed by atoms with Gasteiger partial charge >= 0.3 is 0 Å². The van der Waals surface area contributed by atoms with E-state index < -0.39 is 11.5 Å². The van der Waals surface area contributed by atoms with Gasteiger partial charge in [-0.05, 0) is 42.7 Å². The summed E-state index contributed by atoms with van der Waals surface area (Å²) >= 11 is 3.40. The summed E-state index contributed by atoms with van der Waals surface area (Å²) in [6.45, 7) is 0.157. The highest BCUT2D eigenvalue weighted by Gasteiger charge is 2.51. The Bertz CT molecular complexity index is 617. The molecule has 0 bridgehead atoms. The molecule has 110 valence electrons. The van der Waals surface area contributed by atoms with Crippen LogP contribution in [0.1, 0.15) is 30.3 Å². The molecular formula is C16H16BrNO3. The van der Waals surface area contributed by atoms with Gasteiger partial charge in [-0.25, -0.2) is 0 Å². The number of carbonyl (C=O) groups excluding carboxylic acids is 1. The number of carbonyl (C=O) groups is 1. The summed E-state index contributed by atoms with van der Waals surface area (Å²) in [6.07, 6.45) is 2.38. The first-order valence-electron chi connectivity index (χ1n) is 6.88. The van der Waals surface area contributed by atoms with E-state index in [9.17, 15) is 9.90 Å². The zero-order chi connectivity index (χ0) is 14.9. The largest absolute Gasteiger partial charge is 0.467 e. The molecule has 0 aliphatic heterocycles. The molecule has 0 spiro atoms. The van der Waals surface area contributed by atoms with Crippen LogP contribution in [0.5, 0.6) is 0 Å². The summed E-state index contributed by atoms with van der Waals surface area (Å²) in [5.74, 6) is 0.430. The lowest BCUT2D eigenvalue weighted by molar-refractivity contribution is -0.124. The lowest BCUT2D eigenvalue weighted by Gasteiger charge is -2.17. The van der Waals surface area contributed by atoms with Crippen molar-refractivity contribution in [1.82, 2.24) is 5.32 Å². The number of rotatable bonds is 5. The number of aliphatic hydroxyl groups is 1. The van der Waals surface area contributed by atoms with Gasteiger partial charge < -0.3 is 14.8 Å². The molecule has 21 heavy (non-hydrogen) atoms. The SMILES string of the molecule is O=C(NCC(O)c1ccco1)C1(c2ccc(Br)cc2)CC1. The quantitative estimate of drug-likeness (QED) is 0.872. The number of halogens is 1. The van der Waals surface area contributed by atoms with Crippen molar-refractivity contribution in [2.45, 2.75) is 24.4 Å². The third kappa shape index (κ3) is 2.89. The van der Waals surface area contributed by atoms with Crippen LogP contribution in [0.15, 0.2) is 51.6 Å². The van der Waals surface area contributed by atoms with E-state index in [2.05, 4.69) is 21.2 Å². The number of amides is 1. The van der Waals surface area contributed by atoms with Crippen LogP contribution in [-0.4, -0.2) is 17.6 Å². The Morgan fingerprint density at radius 1 is 1.33 bits per heavy atom. The standard InChI is InChI=1S/C16H16BrNO3/c17-12-5-3-11(4-6-12)16(7-8-16)15(20)18-10-13(19)14-2-1-9-21-14/h1-6,9,13,19H,7-8,10H2,(H,18,20). The van der Waals surface area contributed by atoms with Crippen LogP contribution < -0.4 is 5.32 Å². The molecule has 2 aromatic rings. The van der Waals surface area contributed by atoms with E-state index in [0.29, 0.717) is 5.76 Å². The molecule has 1 saturated carbocycles. The predicted octanol–water partition coefficient (Wildman–Crippen LogP) is 2.92. The van der Waals surface area contributed by atoms with Crippen molar-refractivity contribution < 1.29 is 14.3 Å². The Hall–Kier alpha value is -1.59. The van der Waals surface area contributed by atoms with Gasteiger partial charge in [-0.3, -0.25) is 4.79 Å². The Labute approximate surface area is 131 Å². The Morgan fingerprint density at radius 3 is 2.62 bits per heavy atom. The van der Waals surface area contributed by atoms with Crippen LogP contribution in [0, 0.1) is 0 Å². The van der Waals surface area contributed by atoms with Crippen molar-refractivity contribution in [3.8, 4) is 0 Å². The number of aliphatic hydroxyl groups excluding tert-OH is 1. The highest BCUT2D eigenvalue weighted by molar-refractivity contribution is 9.10. The molecule has 1 aromatic heterocycles. The van der Waals surface area contributed by atoms with Crippen molar-refractivity contribution in [3.63, 3.8) is 0 Å². The smallest absolute Gasteiger partial charge is 0.230 e. The topological polar surface area (TPSA) is 62.5 Å². The molecule has 1 aromatic carbocycles. The molecular weight excluding hydrogens is 334 g/mol. The van der Waals surface area contributed by atoms with E-state index in [0.717, 1.165) is 22.9 Å². The minimum atomic E-state index is -0.815. The molecule has 1 aliphatic carbocycles. The minimum Gasteiger partial charge on any atom is -0.467 e. The van der Waals surface area contributed by atoms with Crippen LogP contribution in [0.4, 0.5) is 0 Å². The maximum absolute atomic E-state index is 12.4. The molecule has 1 amide bonds. The molecule has 1 aliphatic rings. The first-order chi connectivity index (χ1) is 10.1.